The van der Waals surface area contributed by atoms with Crippen LogP contribution in [0.5, 0.6) is 0 Å². The van der Waals surface area contributed by atoms with Gasteiger partial charge in [0.1, 0.15) is 6.29 Å². The van der Waals surface area contributed by atoms with Gasteiger partial charge in [0.2, 0.25) is 5.91 Å². The summed E-state index contributed by atoms with van der Waals surface area (Å²) in [5.41, 5.74) is 0. The summed E-state index contributed by atoms with van der Waals surface area (Å²) in [4.78, 5) is 62.3. The van der Waals surface area contributed by atoms with Crippen molar-refractivity contribution in [1.29, 1.82) is 0 Å². The summed E-state index contributed by atoms with van der Waals surface area (Å²) in [5, 5.41) is 35.9. The van der Waals surface area contributed by atoms with Gasteiger partial charge in [0.15, 0.2) is 0 Å². The summed E-state index contributed by atoms with van der Waals surface area (Å²) in [5.74, 6) is -4.15. The minimum atomic E-state index is -1.29. The number of nitrogens with one attached hydrogen (secondary N) is 1. The third kappa shape index (κ3) is 16.1. The normalized spacial score (nSPS) is 17.7. The molecule has 1 aliphatic rings. The van der Waals surface area contributed by atoms with E-state index in [1.54, 1.807) is 19.6 Å². The minimum absolute atomic E-state index is 0. The summed E-state index contributed by atoms with van der Waals surface area (Å²) in [7, 11) is 0. The topological polar surface area (TPSA) is 180 Å². The van der Waals surface area contributed by atoms with E-state index in [0.29, 0.717) is 19.4 Å². The quantitative estimate of drug-likeness (QED) is 0.172. The second kappa shape index (κ2) is 18.1. The van der Waals surface area contributed by atoms with E-state index >= 15 is 0 Å². The van der Waals surface area contributed by atoms with E-state index in [4.69, 9.17) is 0 Å². The maximum atomic E-state index is 12.2. The number of amides is 1. The van der Waals surface area contributed by atoms with E-state index in [0.717, 1.165) is 0 Å². The largest absolute Gasteiger partial charge is 3.00 e. The van der Waals surface area contributed by atoms with E-state index in [2.05, 4.69) is 5.32 Å². The molecule has 0 aromatic rings. The van der Waals surface area contributed by atoms with Crippen molar-refractivity contribution >= 4 is 30.1 Å². The van der Waals surface area contributed by atoms with E-state index in [-0.39, 0.29) is 124 Å². The predicted octanol–water partition coefficient (Wildman–Crippen LogP) is -6.84. The van der Waals surface area contributed by atoms with Crippen LogP contribution in [-0.4, -0.2) is 135 Å². The van der Waals surface area contributed by atoms with Gasteiger partial charge in [-0.05, 0) is 0 Å². The van der Waals surface area contributed by atoms with Crippen LogP contribution in [-0.2, 0) is 24.0 Å². The number of rotatable bonds is 11. The molecule has 0 bridgehead atoms. The summed E-state index contributed by atoms with van der Waals surface area (Å²) < 4.78 is 0. The van der Waals surface area contributed by atoms with Gasteiger partial charge < -0.3 is 39.8 Å². The SMILES string of the molecule is O=CCCNC(=O)CN1CCN(CC(=O)[O-])CCN(CC(=O)[O-])CCN(CC(=O)[O-])CC1.[Gd+3]. The van der Waals surface area contributed by atoms with Gasteiger partial charge in [-0.25, -0.2) is 0 Å². The second-order valence-corrected chi connectivity index (χ2v) is 7.53. The molecule has 0 spiro atoms. The first-order valence-electron chi connectivity index (χ1n) is 10.4. The Kier molecular flexibility index (Phi) is 17.4. The van der Waals surface area contributed by atoms with Gasteiger partial charge in [-0.2, -0.15) is 0 Å². The molecule has 1 rings (SSSR count). The van der Waals surface area contributed by atoms with E-state index < -0.39 is 17.9 Å². The molecule has 1 radical (unpaired) electrons. The second-order valence-electron chi connectivity index (χ2n) is 7.53. The number of carboxylic acid groups (broad SMARTS) is 3. The molecular formula is C19H30GdN5O8. The summed E-state index contributed by atoms with van der Waals surface area (Å²) in [6.45, 7) is 1.23. The fourth-order valence-electron chi connectivity index (χ4n) is 3.29. The van der Waals surface area contributed by atoms with Crippen molar-refractivity contribution in [2.45, 2.75) is 6.42 Å². The van der Waals surface area contributed by atoms with Gasteiger partial charge in [-0.15, -0.1) is 0 Å². The molecule has 0 aliphatic carbocycles. The van der Waals surface area contributed by atoms with E-state index in [9.17, 15) is 39.3 Å². The van der Waals surface area contributed by atoms with Crippen LogP contribution in [0.3, 0.4) is 0 Å². The van der Waals surface area contributed by atoms with Crippen LogP contribution in [0.15, 0.2) is 0 Å². The monoisotopic (exact) mass is 614 g/mol. The average Bonchev–Trinajstić information content (AvgIpc) is 2.69. The first-order valence-corrected chi connectivity index (χ1v) is 10.4. The van der Waals surface area contributed by atoms with Crippen molar-refractivity contribution in [3.05, 3.63) is 0 Å². The molecule has 0 atom stereocenters. The first kappa shape index (κ1) is 31.7. The van der Waals surface area contributed by atoms with Gasteiger partial charge in [-0.3, -0.25) is 24.4 Å². The summed E-state index contributed by atoms with van der Waals surface area (Å²) >= 11 is 0. The fraction of sp³-hybridized carbons (Fsp3) is 0.737. The number of hydrogen-bond acceptors (Lipinski definition) is 12. The Morgan fingerprint density at radius 1 is 0.636 bits per heavy atom. The Labute approximate surface area is 224 Å². The summed E-state index contributed by atoms with van der Waals surface area (Å²) in [6.07, 6.45) is 0.878. The molecule has 1 amide bonds. The Bertz CT molecular complexity index is 622. The van der Waals surface area contributed by atoms with Crippen LogP contribution in [0, 0.1) is 39.9 Å². The molecule has 1 heterocycles. The van der Waals surface area contributed by atoms with Crippen molar-refractivity contribution in [3.63, 3.8) is 0 Å². The zero-order valence-electron chi connectivity index (χ0n) is 18.4. The zero-order chi connectivity index (χ0) is 23.9. The van der Waals surface area contributed by atoms with Crippen LogP contribution < -0.4 is 20.6 Å². The van der Waals surface area contributed by atoms with Crippen LogP contribution in [0.2, 0.25) is 0 Å². The molecule has 187 valence electrons. The standard InChI is InChI=1S/C19H33N5O8.Gd/c25-11-1-2-20-16(26)12-21-3-5-22(13-17(27)28)7-9-24(15-19(31)32)10-8-23(6-4-21)14-18(29)30;/h11H,1-10,12-15H2,(H,20,26)(H,27,28)(H,29,30)(H,31,32);/q;+3/p-3. The molecule has 1 N–H and O–H groups in total. The maximum absolute atomic E-state index is 12.2. The fourth-order valence-corrected chi connectivity index (χ4v) is 3.29. The van der Waals surface area contributed by atoms with Gasteiger partial charge in [-0.1, -0.05) is 0 Å². The van der Waals surface area contributed by atoms with Crippen molar-refractivity contribution < 1.29 is 79.2 Å². The van der Waals surface area contributed by atoms with Gasteiger partial charge in [0.25, 0.3) is 0 Å². The Morgan fingerprint density at radius 2 is 0.939 bits per heavy atom. The Morgan fingerprint density at radius 3 is 1.21 bits per heavy atom. The number of carboxylic acids is 3. The number of nitrogens with zero attached hydrogens (tertiary/aromatic N) is 4. The van der Waals surface area contributed by atoms with Crippen molar-refractivity contribution in [3.8, 4) is 0 Å². The molecule has 1 aliphatic heterocycles. The molecule has 13 nitrogen and oxygen atoms in total. The molecule has 0 aromatic carbocycles. The minimum Gasteiger partial charge on any atom is -0.549 e. The van der Waals surface area contributed by atoms with Crippen molar-refractivity contribution in [1.82, 2.24) is 24.9 Å². The zero-order valence-corrected chi connectivity index (χ0v) is 20.7. The molecule has 14 heteroatoms. The molecule has 0 aromatic heterocycles. The first-order chi connectivity index (χ1) is 15.2. The van der Waals surface area contributed by atoms with Crippen molar-refractivity contribution in [2.24, 2.45) is 0 Å². The Hall–Kier alpha value is -1.29. The Balaban J connectivity index is 0.0000102. The van der Waals surface area contributed by atoms with E-state index in [1.165, 1.54) is 0 Å². The smallest absolute Gasteiger partial charge is 0.549 e. The third-order valence-corrected chi connectivity index (χ3v) is 4.94. The van der Waals surface area contributed by atoms with Crippen LogP contribution in [0.1, 0.15) is 6.42 Å². The molecular weight excluding hydrogens is 583 g/mol. The molecule has 1 fully saturated rings. The van der Waals surface area contributed by atoms with Crippen LogP contribution in [0.25, 0.3) is 0 Å². The van der Waals surface area contributed by atoms with Crippen molar-refractivity contribution in [2.75, 3.05) is 85.1 Å². The molecule has 1 saturated heterocycles. The maximum Gasteiger partial charge on any atom is 3.00 e. The number of carbonyl (C=O) groups excluding carboxylic acids is 5. The van der Waals surface area contributed by atoms with Gasteiger partial charge in [0.05, 0.1) is 24.5 Å². The van der Waals surface area contributed by atoms with Gasteiger partial charge >= 0.3 is 39.9 Å². The number of carbonyl (C=O) groups is 5. The third-order valence-electron chi connectivity index (χ3n) is 4.94. The molecule has 0 saturated carbocycles. The summed E-state index contributed by atoms with van der Waals surface area (Å²) in [6, 6.07) is 0. The predicted molar refractivity (Wildman–Crippen MR) is 104 cm³/mol. The average molecular weight is 614 g/mol. The van der Waals surface area contributed by atoms with E-state index in [1.807, 2.05) is 0 Å². The number of aliphatic carboxylic acids is 3. The van der Waals surface area contributed by atoms with Crippen LogP contribution in [0.4, 0.5) is 0 Å². The molecule has 0 unspecified atom stereocenters. The molecule has 33 heavy (non-hydrogen) atoms. The van der Waals surface area contributed by atoms with Crippen LogP contribution >= 0.6 is 0 Å². The number of hydrogen-bond donors (Lipinski definition) is 1. The van der Waals surface area contributed by atoms with Gasteiger partial charge in [0, 0.05) is 85.0 Å². The number of aldehydes is 1.